The van der Waals surface area contributed by atoms with E-state index >= 15 is 0 Å². The number of carbonyl (C=O) groups excluding carboxylic acids is 1. The van der Waals surface area contributed by atoms with Crippen molar-refractivity contribution >= 4 is 5.91 Å². The summed E-state index contributed by atoms with van der Waals surface area (Å²) in [6.45, 7) is 10.4. The number of hydrogen-bond acceptors (Lipinski definition) is 2. The summed E-state index contributed by atoms with van der Waals surface area (Å²) in [5, 5.41) is 3.10. The Kier molecular flexibility index (Phi) is 6.05. The van der Waals surface area contributed by atoms with E-state index in [1.54, 1.807) is 7.11 Å². The minimum absolute atomic E-state index is 0.0146. The molecule has 0 saturated heterocycles. The molecule has 0 heterocycles. The lowest BCUT2D eigenvalue weighted by Gasteiger charge is -2.18. The molecule has 1 rings (SSSR count). The fraction of sp³-hybridized carbons (Fsp3) is 0.588. The van der Waals surface area contributed by atoms with Crippen LogP contribution in [0.3, 0.4) is 0 Å². The number of ether oxygens (including phenoxy) is 1. The van der Waals surface area contributed by atoms with Gasteiger partial charge in [0.25, 0.3) is 5.91 Å². The summed E-state index contributed by atoms with van der Waals surface area (Å²) in [6.07, 6.45) is 1.91. The first kappa shape index (κ1) is 16.5. The highest BCUT2D eigenvalue weighted by Crippen LogP contribution is 2.29. The van der Waals surface area contributed by atoms with Crippen LogP contribution in [0.2, 0.25) is 0 Å². The van der Waals surface area contributed by atoms with E-state index in [1.807, 2.05) is 19.1 Å². The van der Waals surface area contributed by atoms with Crippen molar-refractivity contribution in [2.24, 2.45) is 0 Å². The summed E-state index contributed by atoms with van der Waals surface area (Å²) in [4.78, 5) is 12.4. The smallest absolute Gasteiger partial charge is 0.251 e. The van der Waals surface area contributed by atoms with E-state index in [2.05, 4.69) is 33.0 Å². The molecular weight excluding hydrogens is 250 g/mol. The maximum absolute atomic E-state index is 12.4. The highest BCUT2D eigenvalue weighted by Gasteiger charge is 2.17. The van der Waals surface area contributed by atoms with Gasteiger partial charge in [-0.05, 0) is 48.9 Å². The van der Waals surface area contributed by atoms with Crippen LogP contribution in [0, 0.1) is 6.92 Å². The van der Waals surface area contributed by atoms with Crippen molar-refractivity contribution in [1.29, 1.82) is 0 Å². The maximum atomic E-state index is 12.4. The topological polar surface area (TPSA) is 38.3 Å². The van der Waals surface area contributed by atoms with E-state index in [1.165, 1.54) is 0 Å². The molecule has 0 spiro atoms. The molecule has 0 fully saturated rings. The standard InChI is InChI=1S/C17H27NO2/c1-7-13(8-2)18-17(19)15-10-14(11(3)4)16(20-6)9-12(15)5/h9-11,13H,7-8H2,1-6H3,(H,18,19). The van der Waals surface area contributed by atoms with Crippen LogP contribution < -0.4 is 10.1 Å². The van der Waals surface area contributed by atoms with Gasteiger partial charge in [-0.1, -0.05) is 27.7 Å². The Bertz CT molecular complexity index is 462. The fourth-order valence-corrected chi connectivity index (χ4v) is 2.33. The lowest BCUT2D eigenvalue weighted by atomic mass is 9.96. The van der Waals surface area contributed by atoms with Gasteiger partial charge in [0.2, 0.25) is 0 Å². The number of amides is 1. The molecule has 0 atom stereocenters. The molecule has 0 unspecified atom stereocenters. The summed E-state index contributed by atoms with van der Waals surface area (Å²) in [7, 11) is 1.67. The molecular formula is C17H27NO2. The normalized spacial score (nSPS) is 11.0. The Labute approximate surface area is 122 Å². The van der Waals surface area contributed by atoms with Crippen LogP contribution >= 0.6 is 0 Å². The van der Waals surface area contributed by atoms with Gasteiger partial charge in [-0.3, -0.25) is 4.79 Å². The Morgan fingerprint density at radius 3 is 2.30 bits per heavy atom. The minimum Gasteiger partial charge on any atom is -0.496 e. The van der Waals surface area contributed by atoms with E-state index in [4.69, 9.17) is 4.74 Å². The molecule has 0 aliphatic carbocycles. The van der Waals surface area contributed by atoms with Crippen molar-refractivity contribution in [2.45, 2.75) is 59.4 Å². The molecule has 0 radical (unpaired) electrons. The third-order valence-electron chi connectivity index (χ3n) is 3.76. The highest BCUT2D eigenvalue weighted by molar-refractivity contribution is 5.96. The second-order valence-corrected chi connectivity index (χ2v) is 5.55. The molecule has 0 saturated carbocycles. The molecule has 112 valence electrons. The van der Waals surface area contributed by atoms with Crippen LogP contribution in [-0.2, 0) is 0 Å². The Balaban J connectivity index is 3.11. The molecule has 1 aromatic rings. The number of rotatable bonds is 6. The monoisotopic (exact) mass is 277 g/mol. The second-order valence-electron chi connectivity index (χ2n) is 5.55. The third kappa shape index (κ3) is 3.75. The molecule has 0 bridgehead atoms. The van der Waals surface area contributed by atoms with Gasteiger partial charge in [0.05, 0.1) is 7.11 Å². The molecule has 1 amide bonds. The lowest BCUT2D eigenvalue weighted by Crippen LogP contribution is -2.34. The largest absolute Gasteiger partial charge is 0.496 e. The SMILES string of the molecule is CCC(CC)NC(=O)c1cc(C(C)C)c(OC)cc1C. The Morgan fingerprint density at radius 1 is 1.25 bits per heavy atom. The van der Waals surface area contributed by atoms with Crippen molar-refractivity contribution in [1.82, 2.24) is 5.32 Å². The zero-order valence-corrected chi connectivity index (χ0v) is 13.5. The minimum atomic E-state index is 0.0146. The van der Waals surface area contributed by atoms with Gasteiger partial charge in [0, 0.05) is 11.6 Å². The molecule has 1 N–H and O–H groups in total. The van der Waals surface area contributed by atoms with Crippen LogP contribution in [0.5, 0.6) is 5.75 Å². The number of carbonyl (C=O) groups is 1. The van der Waals surface area contributed by atoms with Gasteiger partial charge in [0.1, 0.15) is 5.75 Å². The fourth-order valence-electron chi connectivity index (χ4n) is 2.33. The molecule has 1 aromatic carbocycles. The number of methoxy groups -OCH3 is 1. The quantitative estimate of drug-likeness (QED) is 0.852. The van der Waals surface area contributed by atoms with Gasteiger partial charge >= 0.3 is 0 Å². The van der Waals surface area contributed by atoms with Crippen molar-refractivity contribution in [3.63, 3.8) is 0 Å². The third-order valence-corrected chi connectivity index (χ3v) is 3.76. The van der Waals surface area contributed by atoms with E-state index < -0.39 is 0 Å². The Morgan fingerprint density at radius 2 is 1.85 bits per heavy atom. The predicted molar refractivity (Wildman–Crippen MR) is 83.7 cm³/mol. The van der Waals surface area contributed by atoms with Crippen LogP contribution in [0.15, 0.2) is 12.1 Å². The predicted octanol–water partition coefficient (Wildman–Crippen LogP) is 4.05. The molecule has 3 nitrogen and oxygen atoms in total. The first-order valence-corrected chi connectivity index (χ1v) is 7.43. The van der Waals surface area contributed by atoms with Crippen LogP contribution in [0.4, 0.5) is 0 Å². The van der Waals surface area contributed by atoms with Crippen molar-refractivity contribution in [3.05, 3.63) is 28.8 Å². The molecule has 0 aromatic heterocycles. The van der Waals surface area contributed by atoms with E-state index in [9.17, 15) is 4.79 Å². The van der Waals surface area contributed by atoms with Crippen LogP contribution in [0.25, 0.3) is 0 Å². The second kappa shape index (κ2) is 7.32. The van der Waals surface area contributed by atoms with Crippen molar-refractivity contribution < 1.29 is 9.53 Å². The summed E-state index contributed by atoms with van der Waals surface area (Å²) in [5.74, 6) is 1.20. The number of nitrogens with one attached hydrogen (secondary N) is 1. The van der Waals surface area contributed by atoms with Crippen LogP contribution in [-0.4, -0.2) is 19.1 Å². The lowest BCUT2D eigenvalue weighted by molar-refractivity contribution is 0.0934. The summed E-state index contributed by atoms with van der Waals surface area (Å²) >= 11 is 0. The molecule has 0 aliphatic rings. The number of hydrogen-bond donors (Lipinski definition) is 1. The maximum Gasteiger partial charge on any atom is 0.251 e. The average Bonchev–Trinajstić information content (AvgIpc) is 2.43. The summed E-state index contributed by atoms with van der Waals surface area (Å²) in [6, 6.07) is 4.17. The zero-order valence-electron chi connectivity index (χ0n) is 13.5. The van der Waals surface area contributed by atoms with E-state index in [-0.39, 0.29) is 11.9 Å². The first-order valence-electron chi connectivity index (χ1n) is 7.43. The average molecular weight is 277 g/mol. The zero-order chi connectivity index (χ0) is 15.3. The van der Waals surface area contributed by atoms with Crippen molar-refractivity contribution in [2.75, 3.05) is 7.11 Å². The number of benzene rings is 1. The first-order chi connectivity index (χ1) is 9.44. The van der Waals surface area contributed by atoms with E-state index in [0.717, 1.165) is 35.3 Å². The van der Waals surface area contributed by atoms with Gasteiger partial charge in [-0.25, -0.2) is 0 Å². The highest BCUT2D eigenvalue weighted by atomic mass is 16.5. The Hall–Kier alpha value is -1.51. The van der Waals surface area contributed by atoms with Gasteiger partial charge in [-0.15, -0.1) is 0 Å². The van der Waals surface area contributed by atoms with Gasteiger partial charge in [-0.2, -0.15) is 0 Å². The van der Waals surface area contributed by atoms with Crippen molar-refractivity contribution in [3.8, 4) is 5.75 Å². The van der Waals surface area contributed by atoms with Crippen LogP contribution in [0.1, 0.15) is 67.9 Å². The molecule has 3 heteroatoms. The van der Waals surface area contributed by atoms with E-state index in [0.29, 0.717) is 5.92 Å². The number of aryl methyl sites for hydroxylation is 1. The summed E-state index contributed by atoms with van der Waals surface area (Å²) in [5.41, 5.74) is 2.78. The molecule has 0 aliphatic heterocycles. The van der Waals surface area contributed by atoms with Gasteiger partial charge in [0.15, 0.2) is 0 Å². The van der Waals surface area contributed by atoms with Gasteiger partial charge < -0.3 is 10.1 Å². The molecule has 20 heavy (non-hydrogen) atoms. The summed E-state index contributed by atoms with van der Waals surface area (Å²) < 4.78 is 5.41.